The van der Waals surface area contributed by atoms with Gasteiger partial charge in [-0.1, -0.05) is 6.07 Å². The molecule has 2 N–H and O–H groups in total. The van der Waals surface area contributed by atoms with Gasteiger partial charge >= 0.3 is 0 Å². The second-order valence-corrected chi connectivity index (χ2v) is 8.69. The van der Waals surface area contributed by atoms with Crippen molar-refractivity contribution < 1.29 is 5.11 Å². The zero-order chi connectivity index (χ0) is 19.8. The van der Waals surface area contributed by atoms with Crippen molar-refractivity contribution in [2.75, 3.05) is 24.5 Å². The Morgan fingerprint density at radius 3 is 2.76 bits per heavy atom. The van der Waals surface area contributed by atoms with E-state index >= 15 is 0 Å². The number of hydrogen-bond acceptors (Lipinski definition) is 8. The van der Waals surface area contributed by atoms with E-state index in [1.54, 1.807) is 6.07 Å². The molecule has 0 amide bonds. The highest BCUT2D eigenvalue weighted by atomic mass is 32.1. The van der Waals surface area contributed by atoms with Crippen molar-refractivity contribution in [2.45, 2.75) is 32.2 Å². The van der Waals surface area contributed by atoms with Crippen LogP contribution in [0, 0.1) is 12.8 Å². The number of phenols is 1. The average molecular weight is 409 g/mol. The molecule has 3 heterocycles. The van der Waals surface area contributed by atoms with Gasteiger partial charge in [0.05, 0.1) is 5.69 Å². The van der Waals surface area contributed by atoms with Crippen molar-refractivity contribution in [2.24, 2.45) is 5.92 Å². The first-order valence-electron chi connectivity index (χ1n) is 10.1. The van der Waals surface area contributed by atoms with Gasteiger partial charge in [-0.05, 0) is 74.4 Å². The zero-order valence-electron chi connectivity index (χ0n) is 16.4. The molecule has 2 aliphatic rings. The van der Waals surface area contributed by atoms with Crippen LogP contribution in [0.2, 0.25) is 0 Å². The van der Waals surface area contributed by atoms with Gasteiger partial charge < -0.3 is 15.3 Å². The highest BCUT2D eigenvalue weighted by Gasteiger charge is 2.27. The van der Waals surface area contributed by atoms with Gasteiger partial charge in [0.25, 0.3) is 0 Å². The van der Waals surface area contributed by atoms with Crippen LogP contribution in [0.5, 0.6) is 5.75 Å². The number of aryl methyl sites for hydroxylation is 1. The van der Waals surface area contributed by atoms with E-state index in [2.05, 4.69) is 29.8 Å². The molecule has 29 heavy (non-hydrogen) atoms. The normalized spacial score (nSPS) is 19.1. The van der Waals surface area contributed by atoms with E-state index in [-0.39, 0.29) is 5.75 Å². The lowest BCUT2D eigenvalue weighted by atomic mass is 10.1. The van der Waals surface area contributed by atoms with Gasteiger partial charge in [-0.25, -0.2) is 4.98 Å². The Morgan fingerprint density at radius 2 is 2.07 bits per heavy atom. The molecule has 0 spiro atoms. The monoisotopic (exact) mass is 408 g/mol. The summed E-state index contributed by atoms with van der Waals surface area (Å²) in [4.78, 5) is 6.65. The van der Waals surface area contributed by atoms with E-state index in [9.17, 15) is 5.11 Å². The van der Waals surface area contributed by atoms with Crippen molar-refractivity contribution in [1.82, 2.24) is 24.9 Å². The standard InChI is InChI=1S/C21H24N6OS/c1-13-23-21(29-26-13)15-4-5-17(19(28)10-15)18-6-7-20(25-24-18)27-9-8-16(12-27)22-11-14-2-3-14/h4-7,10,14,16,22,28H,2-3,8-9,11-12H2,1H3/t16-/m0/s1. The molecular formula is C21H24N6OS. The number of anilines is 1. The largest absolute Gasteiger partial charge is 0.507 e. The van der Waals surface area contributed by atoms with Crippen molar-refractivity contribution in [1.29, 1.82) is 0 Å². The second-order valence-electron chi connectivity index (χ2n) is 7.94. The summed E-state index contributed by atoms with van der Waals surface area (Å²) < 4.78 is 4.20. The summed E-state index contributed by atoms with van der Waals surface area (Å²) in [5.41, 5.74) is 2.18. The maximum atomic E-state index is 10.5. The summed E-state index contributed by atoms with van der Waals surface area (Å²) in [6.07, 6.45) is 3.90. The maximum Gasteiger partial charge on any atom is 0.151 e. The number of nitrogens with zero attached hydrogens (tertiary/aromatic N) is 5. The molecule has 1 aliphatic carbocycles. The average Bonchev–Trinajstić information content (AvgIpc) is 3.26. The van der Waals surface area contributed by atoms with E-state index in [4.69, 9.17) is 0 Å². The maximum absolute atomic E-state index is 10.5. The molecule has 0 unspecified atom stereocenters. The Labute approximate surface area is 174 Å². The van der Waals surface area contributed by atoms with Crippen molar-refractivity contribution >= 4 is 17.4 Å². The van der Waals surface area contributed by atoms with Crippen molar-refractivity contribution in [3.8, 4) is 27.6 Å². The van der Waals surface area contributed by atoms with Crippen LogP contribution < -0.4 is 10.2 Å². The third-order valence-corrected chi connectivity index (χ3v) is 6.46. The second kappa shape index (κ2) is 7.68. The summed E-state index contributed by atoms with van der Waals surface area (Å²) in [5, 5.41) is 23.8. The van der Waals surface area contributed by atoms with Crippen molar-refractivity contribution in [3.05, 3.63) is 36.2 Å². The first kappa shape index (κ1) is 18.4. The van der Waals surface area contributed by atoms with E-state index in [1.165, 1.54) is 24.4 Å². The van der Waals surface area contributed by atoms with Gasteiger partial charge in [0.2, 0.25) is 0 Å². The van der Waals surface area contributed by atoms with E-state index in [0.29, 0.717) is 17.3 Å². The highest BCUT2D eigenvalue weighted by molar-refractivity contribution is 7.09. The first-order chi connectivity index (χ1) is 14.2. The molecular weight excluding hydrogens is 384 g/mol. The lowest BCUT2D eigenvalue weighted by Gasteiger charge is -2.17. The van der Waals surface area contributed by atoms with Gasteiger partial charge in [0.15, 0.2) is 5.82 Å². The van der Waals surface area contributed by atoms with E-state index in [0.717, 1.165) is 54.2 Å². The lowest BCUT2D eigenvalue weighted by Crippen LogP contribution is -2.34. The fourth-order valence-electron chi connectivity index (χ4n) is 3.72. The molecule has 0 radical (unpaired) electrons. The molecule has 2 fully saturated rings. The highest BCUT2D eigenvalue weighted by Crippen LogP contribution is 2.33. The third kappa shape index (κ3) is 4.09. The van der Waals surface area contributed by atoms with Crippen LogP contribution in [0.25, 0.3) is 21.8 Å². The Morgan fingerprint density at radius 1 is 1.17 bits per heavy atom. The number of aromatic hydroxyl groups is 1. The lowest BCUT2D eigenvalue weighted by molar-refractivity contribution is 0.477. The fourth-order valence-corrected chi connectivity index (χ4v) is 4.39. The SMILES string of the molecule is Cc1nsc(-c2ccc(-c3ccc(N4CC[C@H](NCC5CC5)C4)nn3)c(O)c2)n1. The van der Waals surface area contributed by atoms with Crippen LogP contribution in [-0.4, -0.2) is 50.3 Å². The molecule has 1 saturated heterocycles. The predicted octanol–water partition coefficient (Wildman–Crippen LogP) is 3.25. The van der Waals surface area contributed by atoms with Gasteiger partial charge in [0.1, 0.15) is 16.6 Å². The molecule has 7 nitrogen and oxygen atoms in total. The fraction of sp³-hybridized carbons (Fsp3) is 0.429. The van der Waals surface area contributed by atoms with Gasteiger partial charge in [-0.3, -0.25) is 0 Å². The van der Waals surface area contributed by atoms with Crippen LogP contribution in [0.1, 0.15) is 25.1 Å². The topological polar surface area (TPSA) is 87.1 Å². The van der Waals surface area contributed by atoms with Crippen LogP contribution >= 0.6 is 11.5 Å². The summed E-state index contributed by atoms with van der Waals surface area (Å²) >= 11 is 1.33. The summed E-state index contributed by atoms with van der Waals surface area (Å²) in [5.74, 6) is 2.70. The van der Waals surface area contributed by atoms with E-state index in [1.807, 2.05) is 31.2 Å². The summed E-state index contributed by atoms with van der Waals surface area (Å²) in [6, 6.07) is 9.96. The number of hydrogen-bond donors (Lipinski definition) is 2. The predicted molar refractivity (Wildman–Crippen MR) is 114 cm³/mol. The van der Waals surface area contributed by atoms with Crippen LogP contribution in [0.15, 0.2) is 30.3 Å². The van der Waals surface area contributed by atoms with Crippen LogP contribution in [0.4, 0.5) is 5.82 Å². The Bertz CT molecular complexity index is 1000. The number of nitrogens with one attached hydrogen (secondary N) is 1. The smallest absolute Gasteiger partial charge is 0.151 e. The number of benzene rings is 1. The van der Waals surface area contributed by atoms with Crippen LogP contribution in [-0.2, 0) is 0 Å². The molecule has 150 valence electrons. The summed E-state index contributed by atoms with van der Waals surface area (Å²) in [6.45, 7) is 4.98. The molecule has 8 heteroatoms. The van der Waals surface area contributed by atoms with Gasteiger partial charge in [-0.15, -0.1) is 10.2 Å². The van der Waals surface area contributed by atoms with Gasteiger partial charge in [0, 0.05) is 30.3 Å². The minimum absolute atomic E-state index is 0.169. The molecule has 3 aromatic rings. The van der Waals surface area contributed by atoms with Gasteiger partial charge in [-0.2, -0.15) is 4.37 Å². The molecule has 1 atom stereocenters. The van der Waals surface area contributed by atoms with E-state index < -0.39 is 0 Å². The number of aromatic nitrogens is 4. The first-order valence-corrected chi connectivity index (χ1v) is 10.9. The Kier molecular flexibility index (Phi) is 4.89. The number of phenolic OH excluding ortho intramolecular Hbond substituents is 1. The van der Waals surface area contributed by atoms with Crippen LogP contribution in [0.3, 0.4) is 0 Å². The quantitative estimate of drug-likeness (QED) is 0.647. The zero-order valence-corrected chi connectivity index (χ0v) is 17.2. The Balaban J connectivity index is 1.27. The minimum atomic E-state index is 0.169. The molecule has 2 aromatic heterocycles. The molecule has 1 aliphatic heterocycles. The Hall–Kier alpha value is -2.58. The molecule has 1 saturated carbocycles. The third-order valence-electron chi connectivity index (χ3n) is 5.60. The molecule has 1 aromatic carbocycles. The van der Waals surface area contributed by atoms with Crippen molar-refractivity contribution in [3.63, 3.8) is 0 Å². The molecule has 5 rings (SSSR count). The summed E-state index contributed by atoms with van der Waals surface area (Å²) in [7, 11) is 0. The minimum Gasteiger partial charge on any atom is -0.507 e. The number of rotatable bonds is 6. The molecule has 0 bridgehead atoms.